The molecule has 0 bridgehead atoms. The zero-order valence-electron chi connectivity index (χ0n) is 12.3. The van der Waals surface area contributed by atoms with Crippen molar-refractivity contribution in [2.75, 3.05) is 59.1 Å². The summed E-state index contributed by atoms with van der Waals surface area (Å²) in [5.74, 6) is 0.644. The van der Waals surface area contributed by atoms with Gasteiger partial charge in [0, 0.05) is 51.4 Å². The first-order valence-corrected chi connectivity index (χ1v) is 7.59. The monoisotopic (exact) mass is 271 g/mol. The molecule has 2 rings (SSSR count). The Balaban J connectivity index is 1.80. The van der Waals surface area contributed by atoms with Crippen LogP contribution in [0.1, 0.15) is 13.8 Å². The molecule has 2 heterocycles. The zero-order valence-corrected chi connectivity index (χ0v) is 12.3. The number of aliphatic hydroxyl groups excluding tert-OH is 1. The number of morpholine rings is 1. The Kier molecular flexibility index (Phi) is 6.04. The van der Waals surface area contributed by atoms with Crippen LogP contribution in [0.15, 0.2) is 0 Å². The highest BCUT2D eigenvalue weighted by Gasteiger charge is 2.28. The van der Waals surface area contributed by atoms with Gasteiger partial charge in [-0.2, -0.15) is 0 Å². The van der Waals surface area contributed by atoms with Crippen LogP contribution in [0.2, 0.25) is 0 Å². The van der Waals surface area contributed by atoms with E-state index in [-0.39, 0.29) is 12.6 Å². The molecule has 0 radical (unpaired) electrons. The normalized spacial score (nSPS) is 30.9. The molecule has 5 nitrogen and oxygen atoms in total. The molecule has 0 amide bonds. The summed E-state index contributed by atoms with van der Waals surface area (Å²) in [6, 6.07) is 0.823. The van der Waals surface area contributed by atoms with Gasteiger partial charge in [0.05, 0.1) is 19.8 Å². The molecule has 2 saturated heterocycles. The molecule has 0 aliphatic carbocycles. The standard InChI is InChI=1S/C14H29N3O2/c1-12(2)14-10-17(13(11-18)9-15-14)4-3-16-5-7-19-8-6-16/h12-15,18H,3-11H2,1-2H3. The largest absolute Gasteiger partial charge is 0.395 e. The number of nitrogens with zero attached hydrogens (tertiary/aromatic N) is 2. The Labute approximate surface area is 116 Å². The lowest BCUT2D eigenvalue weighted by molar-refractivity contribution is 0.0199. The highest BCUT2D eigenvalue weighted by Crippen LogP contribution is 2.13. The number of ether oxygens (including phenoxy) is 1. The highest BCUT2D eigenvalue weighted by atomic mass is 16.5. The molecular formula is C14H29N3O2. The molecule has 112 valence electrons. The maximum absolute atomic E-state index is 9.51. The van der Waals surface area contributed by atoms with Gasteiger partial charge in [0.25, 0.3) is 0 Å². The maximum Gasteiger partial charge on any atom is 0.0599 e. The highest BCUT2D eigenvalue weighted by molar-refractivity contribution is 4.87. The van der Waals surface area contributed by atoms with Gasteiger partial charge in [0.2, 0.25) is 0 Å². The number of piperazine rings is 1. The van der Waals surface area contributed by atoms with Crippen LogP contribution in [-0.2, 0) is 4.74 Å². The summed E-state index contributed by atoms with van der Waals surface area (Å²) in [6.07, 6.45) is 0. The molecule has 19 heavy (non-hydrogen) atoms. The third-order valence-electron chi connectivity index (χ3n) is 4.39. The molecule has 0 aromatic heterocycles. The maximum atomic E-state index is 9.51. The summed E-state index contributed by atoms with van der Waals surface area (Å²) in [7, 11) is 0. The summed E-state index contributed by atoms with van der Waals surface area (Å²) < 4.78 is 5.38. The molecule has 2 unspecified atom stereocenters. The molecular weight excluding hydrogens is 242 g/mol. The first-order valence-electron chi connectivity index (χ1n) is 7.59. The van der Waals surface area contributed by atoms with Crippen molar-refractivity contribution < 1.29 is 9.84 Å². The number of hydrogen-bond donors (Lipinski definition) is 2. The van der Waals surface area contributed by atoms with Gasteiger partial charge in [-0.15, -0.1) is 0 Å². The summed E-state index contributed by atoms with van der Waals surface area (Å²) in [6.45, 7) is 12.7. The summed E-state index contributed by atoms with van der Waals surface area (Å²) >= 11 is 0. The third kappa shape index (κ3) is 4.39. The minimum absolute atomic E-state index is 0.251. The van der Waals surface area contributed by atoms with E-state index < -0.39 is 0 Å². The van der Waals surface area contributed by atoms with Crippen molar-refractivity contribution in [3.8, 4) is 0 Å². The van der Waals surface area contributed by atoms with Crippen LogP contribution in [-0.4, -0.2) is 86.1 Å². The van der Waals surface area contributed by atoms with Gasteiger partial charge in [0.15, 0.2) is 0 Å². The van der Waals surface area contributed by atoms with Crippen LogP contribution in [0.4, 0.5) is 0 Å². The van der Waals surface area contributed by atoms with E-state index in [0.717, 1.165) is 52.5 Å². The molecule has 2 aliphatic heterocycles. The molecule has 0 saturated carbocycles. The van der Waals surface area contributed by atoms with E-state index in [1.54, 1.807) is 0 Å². The predicted octanol–water partition coefficient (Wildman–Crippen LogP) is -0.391. The summed E-state index contributed by atoms with van der Waals surface area (Å²) in [5, 5.41) is 13.1. The average Bonchev–Trinajstić information content (AvgIpc) is 2.45. The lowest BCUT2D eigenvalue weighted by Crippen LogP contribution is -2.60. The Bertz CT molecular complexity index is 257. The van der Waals surface area contributed by atoms with Crippen molar-refractivity contribution in [3.05, 3.63) is 0 Å². The molecule has 2 aliphatic rings. The van der Waals surface area contributed by atoms with Gasteiger partial charge < -0.3 is 15.2 Å². The van der Waals surface area contributed by atoms with Crippen molar-refractivity contribution >= 4 is 0 Å². The van der Waals surface area contributed by atoms with Gasteiger partial charge in [-0.1, -0.05) is 13.8 Å². The van der Waals surface area contributed by atoms with Gasteiger partial charge in [-0.05, 0) is 5.92 Å². The van der Waals surface area contributed by atoms with Gasteiger partial charge >= 0.3 is 0 Å². The van der Waals surface area contributed by atoms with Gasteiger partial charge in [-0.3, -0.25) is 9.80 Å². The number of nitrogens with one attached hydrogen (secondary N) is 1. The second-order valence-corrected chi connectivity index (χ2v) is 6.04. The van der Waals surface area contributed by atoms with E-state index in [1.165, 1.54) is 0 Å². The fourth-order valence-electron chi connectivity index (χ4n) is 2.88. The second kappa shape index (κ2) is 7.55. The topological polar surface area (TPSA) is 48.0 Å². The molecule has 0 spiro atoms. The summed E-state index contributed by atoms with van der Waals surface area (Å²) in [4.78, 5) is 4.92. The minimum atomic E-state index is 0.251. The third-order valence-corrected chi connectivity index (χ3v) is 4.39. The summed E-state index contributed by atoms with van der Waals surface area (Å²) in [5.41, 5.74) is 0. The smallest absolute Gasteiger partial charge is 0.0599 e. The molecule has 5 heteroatoms. The average molecular weight is 271 g/mol. The van der Waals surface area contributed by atoms with Crippen LogP contribution >= 0.6 is 0 Å². The van der Waals surface area contributed by atoms with Crippen LogP contribution in [0.3, 0.4) is 0 Å². The fraction of sp³-hybridized carbons (Fsp3) is 1.00. The van der Waals surface area contributed by atoms with Gasteiger partial charge in [0.1, 0.15) is 0 Å². The Morgan fingerprint density at radius 2 is 2.00 bits per heavy atom. The van der Waals surface area contributed by atoms with E-state index in [2.05, 4.69) is 29.0 Å². The van der Waals surface area contributed by atoms with Crippen LogP contribution in [0.5, 0.6) is 0 Å². The second-order valence-electron chi connectivity index (χ2n) is 6.04. The van der Waals surface area contributed by atoms with E-state index >= 15 is 0 Å². The van der Waals surface area contributed by atoms with Crippen molar-refractivity contribution in [1.82, 2.24) is 15.1 Å². The van der Waals surface area contributed by atoms with Crippen molar-refractivity contribution in [1.29, 1.82) is 0 Å². The Morgan fingerprint density at radius 1 is 1.26 bits per heavy atom. The predicted molar refractivity (Wildman–Crippen MR) is 76.3 cm³/mol. The van der Waals surface area contributed by atoms with Crippen LogP contribution in [0, 0.1) is 5.92 Å². The molecule has 2 fully saturated rings. The molecule has 0 aromatic rings. The molecule has 2 atom stereocenters. The van der Waals surface area contributed by atoms with Crippen LogP contribution < -0.4 is 5.32 Å². The number of hydrogen-bond acceptors (Lipinski definition) is 5. The Hall–Kier alpha value is -0.200. The minimum Gasteiger partial charge on any atom is -0.395 e. The van der Waals surface area contributed by atoms with Gasteiger partial charge in [-0.25, -0.2) is 0 Å². The van der Waals surface area contributed by atoms with Crippen molar-refractivity contribution in [2.24, 2.45) is 5.92 Å². The van der Waals surface area contributed by atoms with E-state index in [1.807, 2.05) is 0 Å². The fourth-order valence-corrected chi connectivity index (χ4v) is 2.88. The first kappa shape index (κ1) is 15.2. The first-order chi connectivity index (χ1) is 9.20. The number of aliphatic hydroxyl groups is 1. The van der Waals surface area contributed by atoms with E-state index in [0.29, 0.717) is 12.0 Å². The van der Waals surface area contributed by atoms with E-state index in [9.17, 15) is 5.11 Å². The van der Waals surface area contributed by atoms with Crippen LogP contribution in [0.25, 0.3) is 0 Å². The number of rotatable bonds is 5. The van der Waals surface area contributed by atoms with Crippen molar-refractivity contribution in [3.63, 3.8) is 0 Å². The quantitative estimate of drug-likeness (QED) is 0.713. The molecule has 2 N–H and O–H groups in total. The Morgan fingerprint density at radius 3 is 2.63 bits per heavy atom. The zero-order chi connectivity index (χ0) is 13.7. The molecule has 0 aromatic carbocycles. The van der Waals surface area contributed by atoms with Crippen molar-refractivity contribution in [2.45, 2.75) is 25.9 Å². The SMILES string of the molecule is CC(C)C1CN(CCN2CCOCC2)C(CO)CN1. The lowest BCUT2D eigenvalue weighted by atomic mass is 9.99. The van der Waals surface area contributed by atoms with E-state index in [4.69, 9.17) is 4.74 Å². The lowest BCUT2D eigenvalue weighted by Gasteiger charge is -2.42.